The Balaban J connectivity index is 2.90. The zero-order valence-electron chi connectivity index (χ0n) is 16.7. The number of hydrogen-bond donors (Lipinski definition) is 0. The molecule has 2 heteroatoms. The summed E-state index contributed by atoms with van der Waals surface area (Å²) < 4.78 is 2.70. The Bertz CT molecular complexity index is 733. The molecule has 0 amide bonds. The van der Waals surface area contributed by atoms with E-state index in [1.165, 1.54) is 70.5 Å². The molecule has 2 aromatic rings. The van der Waals surface area contributed by atoms with Crippen molar-refractivity contribution in [3.05, 3.63) is 54.6 Å². The van der Waals surface area contributed by atoms with E-state index in [-0.39, 0.29) is 0 Å². The summed E-state index contributed by atoms with van der Waals surface area (Å²) in [5.41, 5.74) is 9.40. The molecule has 2 rings (SSSR count). The average Bonchev–Trinajstić information content (AvgIpc) is 2.63. The van der Waals surface area contributed by atoms with Crippen molar-refractivity contribution in [1.82, 2.24) is 0 Å². The predicted molar refractivity (Wildman–Crippen MR) is 128 cm³/mol. The van der Waals surface area contributed by atoms with Gasteiger partial charge in [-0.05, 0) is 87.7 Å². The van der Waals surface area contributed by atoms with E-state index in [0.717, 1.165) is 0 Å². The number of hydrogen-bond acceptors (Lipinski definition) is 0. The van der Waals surface area contributed by atoms with E-state index in [2.05, 4.69) is 90.5 Å². The molecule has 26 heavy (non-hydrogen) atoms. The van der Waals surface area contributed by atoms with Gasteiger partial charge in [-0.1, -0.05) is 87.5 Å². The summed E-state index contributed by atoms with van der Waals surface area (Å²) in [4.78, 5) is 0. The first-order chi connectivity index (χ1) is 12.6. The Morgan fingerprint density at radius 1 is 0.692 bits per heavy atom. The minimum absolute atomic E-state index is 1.17. The second kappa shape index (κ2) is 10.8. The van der Waals surface area contributed by atoms with Crippen LogP contribution < -0.4 is 0 Å². The first-order valence-electron chi connectivity index (χ1n) is 10.2. The van der Waals surface area contributed by atoms with Crippen LogP contribution >= 0.6 is 38.5 Å². The molecule has 0 bridgehead atoms. The van der Waals surface area contributed by atoms with Gasteiger partial charge < -0.3 is 0 Å². The van der Waals surface area contributed by atoms with E-state index >= 15 is 0 Å². The van der Waals surface area contributed by atoms with Crippen molar-refractivity contribution in [3.63, 3.8) is 0 Å². The average molecular weight is 527 g/mol. The van der Waals surface area contributed by atoms with Gasteiger partial charge in [0, 0.05) is 8.04 Å². The van der Waals surface area contributed by atoms with Crippen LogP contribution in [0.3, 0.4) is 0 Å². The SMILES string of the molecule is CCCc1c(I)c(-c2ccccc2Br)c(CCC)c(CCC)c1CCC. The minimum Gasteiger partial charge on any atom is -0.0651 e. The van der Waals surface area contributed by atoms with Crippen molar-refractivity contribution >= 4 is 38.5 Å². The van der Waals surface area contributed by atoms with E-state index < -0.39 is 0 Å². The molecular formula is C24H32BrI. The first kappa shape index (κ1) is 21.9. The van der Waals surface area contributed by atoms with Crippen molar-refractivity contribution in [1.29, 1.82) is 0 Å². The smallest absolute Gasteiger partial charge is 0.0254 e. The molecule has 0 atom stereocenters. The van der Waals surface area contributed by atoms with Gasteiger partial charge in [-0.15, -0.1) is 0 Å². The minimum atomic E-state index is 1.17. The lowest BCUT2D eigenvalue weighted by molar-refractivity contribution is 0.799. The summed E-state index contributed by atoms with van der Waals surface area (Å²) in [6.45, 7) is 9.26. The van der Waals surface area contributed by atoms with Crippen molar-refractivity contribution < 1.29 is 0 Å². The number of rotatable bonds is 9. The lowest BCUT2D eigenvalue weighted by Crippen LogP contribution is -2.11. The van der Waals surface area contributed by atoms with Gasteiger partial charge in [-0.2, -0.15) is 0 Å². The molecular weight excluding hydrogens is 495 g/mol. The zero-order chi connectivity index (χ0) is 19.1. The van der Waals surface area contributed by atoms with E-state index in [0.29, 0.717) is 0 Å². The van der Waals surface area contributed by atoms with Gasteiger partial charge in [0.1, 0.15) is 0 Å². The largest absolute Gasteiger partial charge is 0.0651 e. The molecule has 0 aliphatic heterocycles. The lowest BCUT2D eigenvalue weighted by Gasteiger charge is -2.25. The topological polar surface area (TPSA) is 0 Å². The molecule has 0 aliphatic rings. The molecule has 0 radical (unpaired) electrons. The third-order valence-corrected chi connectivity index (χ3v) is 6.90. The Morgan fingerprint density at radius 2 is 1.15 bits per heavy atom. The lowest BCUT2D eigenvalue weighted by atomic mass is 9.82. The highest BCUT2D eigenvalue weighted by Gasteiger charge is 2.22. The van der Waals surface area contributed by atoms with Crippen LogP contribution in [0.1, 0.15) is 75.6 Å². The fraction of sp³-hybridized carbons (Fsp3) is 0.500. The molecule has 0 spiro atoms. The third-order valence-electron chi connectivity index (χ3n) is 5.02. The Kier molecular flexibility index (Phi) is 9.16. The van der Waals surface area contributed by atoms with Gasteiger partial charge in [0.15, 0.2) is 0 Å². The van der Waals surface area contributed by atoms with E-state index in [1.807, 2.05) is 0 Å². The molecule has 0 heterocycles. The van der Waals surface area contributed by atoms with Crippen LogP contribution in [0.25, 0.3) is 11.1 Å². The molecule has 0 saturated heterocycles. The van der Waals surface area contributed by atoms with E-state index in [9.17, 15) is 0 Å². The number of halogens is 2. The molecule has 0 aliphatic carbocycles. The van der Waals surface area contributed by atoms with Gasteiger partial charge in [-0.25, -0.2) is 0 Å². The second-order valence-corrected chi connectivity index (χ2v) is 9.02. The number of benzene rings is 2. The molecule has 0 unspecified atom stereocenters. The van der Waals surface area contributed by atoms with Crippen LogP contribution in [0.5, 0.6) is 0 Å². The zero-order valence-corrected chi connectivity index (χ0v) is 20.5. The molecule has 2 aromatic carbocycles. The van der Waals surface area contributed by atoms with E-state index in [4.69, 9.17) is 0 Å². The highest BCUT2D eigenvalue weighted by atomic mass is 127. The third kappa shape index (κ3) is 4.73. The fourth-order valence-corrected chi connectivity index (χ4v) is 5.71. The Hall–Kier alpha value is -0.350. The van der Waals surface area contributed by atoms with Crippen LogP contribution in [-0.4, -0.2) is 0 Å². The van der Waals surface area contributed by atoms with Crippen molar-refractivity contribution in [2.75, 3.05) is 0 Å². The maximum Gasteiger partial charge on any atom is 0.0254 e. The predicted octanol–water partition coefficient (Wildman–Crippen LogP) is 8.53. The van der Waals surface area contributed by atoms with Crippen molar-refractivity contribution in [2.24, 2.45) is 0 Å². The normalized spacial score (nSPS) is 11.2. The van der Waals surface area contributed by atoms with Gasteiger partial charge in [0.2, 0.25) is 0 Å². The van der Waals surface area contributed by atoms with Crippen molar-refractivity contribution in [3.8, 4) is 11.1 Å². The van der Waals surface area contributed by atoms with Crippen LogP contribution in [-0.2, 0) is 25.7 Å². The second-order valence-electron chi connectivity index (χ2n) is 7.08. The molecule has 0 aromatic heterocycles. The van der Waals surface area contributed by atoms with Crippen LogP contribution in [0, 0.1) is 3.57 Å². The van der Waals surface area contributed by atoms with Crippen LogP contribution in [0.4, 0.5) is 0 Å². The van der Waals surface area contributed by atoms with Crippen LogP contribution in [0.2, 0.25) is 0 Å². The van der Waals surface area contributed by atoms with Gasteiger partial charge in [-0.3, -0.25) is 0 Å². The summed E-state index contributed by atoms with van der Waals surface area (Å²) in [7, 11) is 0. The standard InChI is InChI=1S/C24H32BrI/c1-5-11-17-18(12-6-2)20(14-8-4)24(26)23(19(17)13-7-3)21-15-9-10-16-22(21)25/h9-10,15-16H,5-8,11-14H2,1-4H3. The highest BCUT2D eigenvalue weighted by Crippen LogP contribution is 2.41. The Morgan fingerprint density at radius 3 is 1.69 bits per heavy atom. The summed E-state index contributed by atoms with van der Waals surface area (Å²) >= 11 is 6.46. The van der Waals surface area contributed by atoms with Gasteiger partial charge in [0.05, 0.1) is 0 Å². The summed E-state index contributed by atoms with van der Waals surface area (Å²) in [6, 6.07) is 8.75. The maximum atomic E-state index is 3.83. The highest BCUT2D eigenvalue weighted by molar-refractivity contribution is 14.1. The molecule has 142 valence electrons. The van der Waals surface area contributed by atoms with E-state index in [1.54, 1.807) is 22.3 Å². The van der Waals surface area contributed by atoms with Crippen molar-refractivity contribution in [2.45, 2.75) is 79.1 Å². The summed E-state index contributed by atoms with van der Waals surface area (Å²) in [5.74, 6) is 0. The summed E-state index contributed by atoms with van der Waals surface area (Å²) in [5, 5.41) is 0. The first-order valence-corrected chi connectivity index (χ1v) is 12.1. The molecule has 0 fully saturated rings. The molecule has 0 nitrogen and oxygen atoms in total. The molecule has 0 saturated carbocycles. The quantitative estimate of drug-likeness (QED) is 0.287. The fourth-order valence-electron chi connectivity index (χ4n) is 4.02. The van der Waals surface area contributed by atoms with Crippen LogP contribution in [0.15, 0.2) is 28.7 Å². The monoisotopic (exact) mass is 526 g/mol. The maximum absolute atomic E-state index is 3.83. The molecule has 0 N–H and O–H groups in total. The Labute approximate surface area is 182 Å². The van der Waals surface area contributed by atoms with Gasteiger partial charge >= 0.3 is 0 Å². The summed E-state index contributed by atoms with van der Waals surface area (Å²) in [6.07, 6.45) is 9.63. The van der Waals surface area contributed by atoms with Gasteiger partial charge in [0.25, 0.3) is 0 Å².